The SMILES string of the molecule is CC1(C)CN(c2nccnc2Cl)C[C@H]1CO. The first kappa shape index (κ1) is 11.6. The van der Waals surface area contributed by atoms with E-state index in [2.05, 4.69) is 28.7 Å². The Bertz CT molecular complexity index is 383. The number of halogens is 1. The van der Waals surface area contributed by atoms with E-state index in [4.69, 9.17) is 11.6 Å². The third-order valence-electron chi connectivity index (χ3n) is 3.30. The predicted octanol–water partition coefficient (Wildman–Crippen LogP) is 1.58. The second-order valence-electron chi connectivity index (χ2n) is 4.92. The summed E-state index contributed by atoms with van der Waals surface area (Å²) < 4.78 is 0. The minimum Gasteiger partial charge on any atom is -0.396 e. The maximum Gasteiger partial charge on any atom is 0.171 e. The molecule has 0 aliphatic carbocycles. The van der Waals surface area contributed by atoms with Gasteiger partial charge in [-0.1, -0.05) is 25.4 Å². The van der Waals surface area contributed by atoms with Crippen LogP contribution in [-0.2, 0) is 0 Å². The van der Waals surface area contributed by atoms with Crippen molar-refractivity contribution in [3.63, 3.8) is 0 Å². The van der Waals surface area contributed by atoms with E-state index in [1.54, 1.807) is 12.4 Å². The molecule has 1 aromatic heterocycles. The Morgan fingerprint density at radius 2 is 2.19 bits per heavy atom. The van der Waals surface area contributed by atoms with Gasteiger partial charge in [-0.2, -0.15) is 0 Å². The molecule has 2 heterocycles. The van der Waals surface area contributed by atoms with E-state index in [1.165, 1.54) is 0 Å². The summed E-state index contributed by atoms with van der Waals surface area (Å²) in [5, 5.41) is 9.77. The third-order valence-corrected chi connectivity index (χ3v) is 3.57. The van der Waals surface area contributed by atoms with Gasteiger partial charge >= 0.3 is 0 Å². The van der Waals surface area contributed by atoms with Crippen LogP contribution in [0.25, 0.3) is 0 Å². The van der Waals surface area contributed by atoms with Crippen molar-refractivity contribution in [1.29, 1.82) is 0 Å². The number of aromatic nitrogens is 2. The smallest absolute Gasteiger partial charge is 0.171 e. The van der Waals surface area contributed by atoms with E-state index >= 15 is 0 Å². The number of aliphatic hydroxyl groups is 1. The van der Waals surface area contributed by atoms with Crippen molar-refractivity contribution in [2.24, 2.45) is 11.3 Å². The summed E-state index contributed by atoms with van der Waals surface area (Å²) in [6, 6.07) is 0. The van der Waals surface area contributed by atoms with Gasteiger partial charge in [-0.05, 0) is 5.41 Å². The highest BCUT2D eigenvalue weighted by Crippen LogP contribution is 2.37. The number of aliphatic hydroxyl groups excluding tert-OH is 1. The molecular weight excluding hydrogens is 226 g/mol. The standard InChI is InChI=1S/C11H16ClN3O/c1-11(2)7-15(5-8(11)6-16)10-9(12)13-3-4-14-10/h3-4,8,16H,5-7H2,1-2H3/t8-/m0/s1. The van der Waals surface area contributed by atoms with Crippen molar-refractivity contribution in [3.8, 4) is 0 Å². The van der Waals surface area contributed by atoms with Crippen LogP contribution in [0.5, 0.6) is 0 Å². The molecule has 1 fully saturated rings. The summed E-state index contributed by atoms with van der Waals surface area (Å²) in [4.78, 5) is 10.4. The molecule has 0 radical (unpaired) electrons. The topological polar surface area (TPSA) is 49.2 Å². The molecule has 88 valence electrons. The highest BCUT2D eigenvalue weighted by Gasteiger charge is 2.39. The summed E-state index contributed by atoms with van der Waals surface area (Å²) in [5.74, 6) is 0.971. The van der Waals surface area contributed by atoms with Gasteiger partial charge in [0.2, 0.25) is 0 Å². The lowest BCUT2D eigenvalue weighted by molar-refractivity contribution is 0.161. The van der Waals surface area contributed by atoms with Gasteiger partial charge in [-0.15, -0.1) is 0 Å². The monoisotopic (exact) mass is 241 g/mol. The van der Waals surface area contributed by atoms with Crippen LogP contribution in [0.2, 0.25) is 5.15 Å². The Morgan fingerprint density at radius 3 is 2.75 bits per heavy atom. The summed E-state index contributed by atoms with van der Waals surface area (Å²) in [7, 11) is 0. The quantitative estimate of drug-likeness (QED) is 0.854. The molecule has 5 heteroatoms. The molecule has 1 saturated heterocycles. The molecule has 0 bridgehead atoms. The molecular formula is C11H16ClN3O. The second kappa shape index (κ2) is 4.18. The normalized spacial score (nSPS) is 23.8. The van der Waals surface area contributed by atoms with Crippen LogP contribution < -0.4 is 4.90 Å². The lowest BCUT2D eigenvalue weighted by atomic mass is 9.83. The van der Waals surface area contributed by atoms with E-state index in [1.807, 2.05) is 0 Å². The van der Waals surface area contributed by atoms with Crippen molar-refractivity contribution < 1.29 is 5.11 Å². The number of rotatable bonds is 2. The number of hydrogen-bond donors (Lipinski definition) is 1. The maximum absolute atomic E-state index is 9.34. The van der Waals surface area contributed by atoms with Gasteiger partial charge in [0.1, 0.15) is 0 Å². The van der Waals surface area contributed by atoms with Crippen LogP contribution in [0, 0.1) is 11.3 Å². The Hall–Kier alpha value is -0.870. The average molecular weight is 242 g/mol. The fraction of sp³-hybridized carbons (Fsp3) is 0.636. The fourth-order valence-corrected chi connectivity index (χ4v) is 2.42. The Labute approximate surface area is 100 Å². The molecule has 0 saturated carbocycles. The highest BCUT2D eigenvalue weighted by atomic mass is 35.5. The summed E-state index contributed by atoms with van der Waals surface area (Å²) in [5.41, 5.74) is 0.0790. The van der Waals surface area contributed by atoms with E-state index in [0.29, 0.717) is 11.0 Å². The molecule has 16 heavy (non-hydrogen) atoms. The fourth-order valence-electron chi connectivity index (χ4n) is 2.19. The minimum atomic E-state index is 0.0790. The number of anilines is 1. The Kier molecular flexibility index (Phi) is 3.04. The van der Waals surface area contributed by atoms with Crippen LogP contribution >= 0.6 is 11.6 Å². The molecule has 4 nitrogen and oxygen atoms in total. The first-order chi connectivity index (χ1) is 7.54. The zero-order chi connectivity index (χ0) is 11.8. The zero-order valence-corrected chi connectivity index (χ0v) is 10.3. The van der Waals surface area contributed by atoms with Gasteiger partial charge in [0.25, 0.3) is 0 Å². The molecule has 0 amide bonds. The Balaban J connectivity index is 2.23. The predicted molar refractivity (Wildman–Crippen MR) is 63.6 cm³/mol. The van der Waals surface area contributed by atoms with E-state index in [-0.39, 0.29) is 17.9 Å². The van der Waals surface area contributed by atoms with Crippen molar-refractivity contribution in [2.75, 3.05) is 24.6 Å². The second-order valence-corrected chi connectivity index (χ2v) is 5.28. The Morgan fingerprint density at radius 1 is 1.50 bits per heavy atom. The molecule has 2 rings (SSSR count). The van der Waals surface area contributed by atoms with Gasteiger partial charge in [-0.25, -0.2) is 9.97 Å². The van der Waals surface area contributed by atoms with Crippen molar-refractivity contribution >= 4 is 17.4 Å². The number of hydrogen-bond acceptors (Lipinski definition) is 4. The summed E-state index contributed by atoms with van der Waals surface area (Å²) >= 11 is 6.01. The highest BCUT2D eigenvalue weighted by molar-refractivity contribution is 6.31. The third kappa shape index (κ3) is 1.99. The molecule has 1 N–H and O–H groups in total. The van der Waals surface area contributed by atoms with Gasteiger partial charge < -0.3 is 10.0 Å². The van der Waals surface area contributed by atoms with E-state index in [0.717, 1.165) is 13.1 Å². The first-order valence-electron chi connectivity index (χ1n) is 5.37. The summed E-state index contributed by atoms with van der Waals surface area (Å²) in [6.45, 7) is 6.12. The molecule has 0 aromatic carbocycles. The largest absolute Gasteiger partial charge is 0.396 e. The van der Waals surface area contributed by atoms with Gasteiger partial charge in [0.05, 0.1) is 0 Å². The summed E-state index contributed by atoms with van der Waals surface area (Å²) in [6.07, 6.45) is 3.22. The molecule has 1 aromatic rings. The molecule has 1 atom stereocenters. The first-order valence-corrected chi connectivity index (χ1v) is 5.74. The average Bonchev–Trinajstić information content (AvgIpc) is 2.54. The lowest BCUT2D eigenvalue weighted by Crippen LogP contribution is -2.25. The van der Waals surface area contributed by atoms with E-state index < -0.39 is 0 Å². The van der Waals surface area contributed by atoms with Crippen LogP contribution in [0.4, 0.5) is 5.82 Å². The van der Waals surface area contributed by atoms with Gasteiger partial charge in [0.15, 0.2) is 11.0 Å². The van der Waals surface area contributed by atoms with Crippen LogP contribution in [0.3, 0.4) is 0 Å². The molecule has 1 aliphatic heterocycles. The molecule has 0 unspecified atom stereocenters. The zero-order valence-electron chi connectivity index (χ0n) is 9.52. The van der Waals surface area contributed by atoms with Crippen molar-refractivity contribution in [3.05, 3.63) is 17.5 Å². The molecule has 1 aliphatic rings. The van der Waals surface area contributed by atoms with Crippen molar-refractivity contribution in [2.45, 2.75) is 13.8 Å². The van der Waals surface area contributed by atoms with Crippen LogP contribution in [-0.4, -0.2) is 34.8 Å². The minimum absolute atomic E-state index is 0.0790. The van der Waals surface area contributed by atoms with Crippen molar-refractivity contribution in [1.82, 2.24) is 9.97 Å². The van der Waals surface area contributed by atoms with Crippen LogP contribution in [0.15, 0.2) is 12.4 Å². The number of nitrogens with zero attached hydrogens (tertiary/aromatic N) is 3. The maximum atomic E-state index is 9.34. The lowest BCUT2D eigenvalue weighted by Gasteiger charge is -2.23. The van der Waals surface area contributed by atoms with Gasteiger partial charge in [-0.3, -0.25) is 0 Å². The van der Waals surface area contributed by atoms with Gasteiger partial charge in [0, 0.05) is 38.0 Å². The van der Waals surface area contributed by atoms with E-state index in [9.17, 15) is 5.11 Å². The van der Waals surface area contributed by atoms with Crippen LogP contribution in [0.1, 0.15) is 13.8 Å². The molecule has 0 spiro atoms.